The molecule has 0 spiro atoms. The molecule has 0 aromatic carbocycles. The molecule has 3 aliphatic rings. The van der Waals surface area contributed by atoms with Crippen molar-refractivity contribution < 1.29 is 109 Å². The second-order valence-electron chi connectivity index (χ2n) is 33.8. The second-order valence-corrected chi connectivity index (χ2v) is 108. The van der Waals surface area contributed by atoms with Crippen LogP contribution < -0.4 is 0 Å². The van der Waals surface area contributed by atoms with Crippen LogP contribution in [-0.4, -0.2) is 291 Å². The van der Waals surface area contributed by atoms with Crippen LogP contribution in [0.2, 0.25) is 262 Å². The predicted octanol–water partition coefficient (Wildman–Crippen LogP) is 13.7. The van der Waals surface area contributed by atoms with E-state index in [-0.39, 0.29) is 9.52 Å². The van der Waals surface area contributed by atoms with E-state index >= 15 is 0 Å². The standard InChI is InChI=1S/C22H54O6Si7.C16H42O5Si6.C15H42O5Si6.3C2H8O2Si.3CH4O/c1-15-18-23-30(6,7)19-21-34(13)26-32(10,11)25-33(12,17-3)27-35(14,28-34)22-20-31(8,9)24-29(4,5)16-2;1-11-13-22-16-17-23(3,4)14-15-27(10)20-24(5,6)18-26(9,12-2)19-25(7,8)21-27;1-12-25(10)17-23(6,7)19-26(11,20-24(8,9)18-25)14-13-22(4,5)16-15-21(2)3;3*1-3-5-4-2;3*1-2/h15-16H,1-2,17-22H2,3-14H3;11H,1,12-16,22H2,2-10H3;21H,12-15H2,1-11H3;3*5H2,1-2H3;3*2H,1H3. The van der Waals surface area contributed by atoms with Gasteiger partial charge in [0.05, 0.1) is 24.9 Å². The molecule has 0 bridgehead atoms. The molecule has 47 heteroatoms. The lowest BCUT2D eigenvalue weighted by Gasteiger charge is -2.50. The Morgan fingerprint density at radius 1 is 0.349 bits per heavy atom. The van der Waals surface area contributed by atoms with Gasteiger partial charge in [-0.1, -0.05) is 51.7 Å². The fraction of sp³-hybridized carbons (Fsp3) is 0.903. The SMILES string of the molecule is C=CCO[Si](C)(C)CC[Si]1(C)O[Si](C)(C)O[Si](C)(CC)O[Si](C)(CC[Si](C)(C)O[Si](C)(C)C=C)O1.C=CC[SiH2]CO[Si](C)(C)CC[Si]1(C)O[Si](C)(C)O[Si](C)(CC)O[Si](C)(C)O1.CC[Si]1(C)O[Si](C)(C)O[Si](C)(CC[Si](C)(C)OC[SiH](C)C)O[Si](C)(C)O1.CO.CO.CO.CO[SiH2]OC.CO[SiH2]OC.CO[SiH2]OC. The molecule has 3 aliphatic heterocycles. The molecular formula is C62H174O25Si22. The molecule has 109 heavy (non-hydrogen) atoms. The first-order valence-corrected chi connectivity index (χ1v) is 94.5. The minimum Gasteiger partial charge on any atom is -0.453 e. The van der Waals surface area contributed by atoms with Crippen LogP contribution in [0.3, 0.4) is 0 Å². The van der Waals surface area contributed by atoms with Crippen molar-refractivity contribution in [1.82, 2.24) is 0 Å². The third-order valence-electron chi connectivity index (χ3n) is 16.3. The summed E-state index contributed by atoms with van der Waals surface area (Å²) in [7, 11) is -27.0. The van der Waals surface area contributed by atoms with E-state index in [0.29, 0.717) is 6.61 Å². The van der Waals surface area contributed by atoms with E-state index in [1.54, 1.807) is 42.7 Å². The Balaban J connectivity index is -0.000000324. The third kappa shape index (κ3) is 62.7. The van der Waals surface area contributed by atoms with Crippen LogP contribution in [0.15, 0.2) is 37.6 Å². The van der Waals surface area contributed by atoms with Crippen molar-refractivity contribution in [1.29, 1.82) is 0 Å². The van der Waals surface area contributed by atoms with Gasteiger partial charge in [0.25, 0.3) is 0 Å². The third-order valence-corrected chi connectivity index (χ3v) is 88.9. The van der Waals surface area contributed by atoms with Gasteiger partial charge in [-0.25, -0.2) is 0 Å². The predicted molar refractivity (Wildman–Crippen MR) is 513 cm³/mol. The lowest BCUT2D eigenvalue weighted by Crippen LogP contribution is -2.66. The quantitative estimate of drug-likeness (QED) is 0.0302. The Bertz CT molecular complexity index is 2290. The van der Waals surface area contributed by atoms with Crippen molar-refractivity contribution in [3.05, 3.63) is 37.6 Å². The number of aliphatic hydroxyl groups excluding tert-OH is 3. The Kier molecular flexibility index (Phi) is 65.5. The number of hydrogen-bond acceptors (Lipinski definition) is 25. The summed E-state index contributed by atoms with van der Waals surface area (Å²) in [5, 5.41) is 21.0. The smallest absolute Gasteiger partial charge is 0.317 e. The Morgan fingerprint density at radius 3 is 0.835 bits per heavy atom. The molecule has 0 radical (unpaired) electrons. The molecule has 3 atom stereocenters. The summed E-state index contributed by atoms with van der Waals surface area (Å²) in [6.45, 7) is 83.1. The highest BCUT2D eigenvalue weighted by Crippen LogP contribution is 2.41. The molecule has 0 saturated carbocycles. The van der Waals surface area contributed by atoms with Crippen LogP contribution in [0, 0.1) is 0 Å². The highest BCUT2D eigenvalue weighted by Gasteiger charge is 2.58. The minimum atomic E-state index is -2.59. The van der Waals surface area contributed by atoms with Gasteiger partial charge in [-0.3, -0.25) is 0 Å². The lowest BCUT2D eigenvalue weighted by molar-refractivity contribution is 0.226. The van der Waals surface area contributed by atoms with Gasteiger partial charge in [-0.2, -0.15) is 0 Å². The van der Waals surface area contributed by atoms with Crippen LogP contribution in [0.4, 0.5) is 0 Å². The Hall–Kier alpha value is 2.99. The van der Waals surface area contributed by atoms with Gasteiger partial charge < -0.3 is 109 Å². The molecule has 3 unspecified atom stereocenters. The number of allylic oxidation sites excluding steroid dienone is 1. The van der Waals surface area contributed by atoms with Crippen molar-refractivity contribution >= 4 is 193 Å². The molecule has 3 fully saturated rings. The lowest BCUT2D eigenvalue weighted by atomic mass is 10.7. The first-order chi connectivity index (χ1) is 49.5. The monoisotopic (exact) mass is 1930 g/mol. The number of aliphatic hydroxyl groups is 3. The van der Waals surface area contributed by atoms with Crippen LogP contribution in [0.1, 0.15) is 20.8 Å². The van der Waals surface area contributed by atoms with E-state index in [4.69, 9.17) is 82.1 Å². The normalized spacial score (nSPS) is 26.6. The van der Waals surface area contributed by atoms with Gasteiger partial charge in [0, 0.05) is 76.4 Å². The Labute approximate surface area is 699 Å². The van der Waals surface area contributed by atoms with E-state index in [0.717, 1.165) is 106 Å². The molecular weight excluding hydrogens is 1760 g/mol. The van der Waals surface area contributed by atoms with Crippen molar-refractivity contribution in [3.8, 4) is 0 Å². The van der Waals surface area contributed by atoms with E-state index in [1.807, 2.05) is 17.9 Å². The van der Waals surface area contributed by atoms with Crippen LogP contribution in [-0.2, 0) is 93.3 Å². The molecule has 0 aliphatic carbocycles. The average molecular weight is 1940 g/mol. The molecule has 3 rings (SSSR count). The zero-order valence-electron chi connectivity index (χ0n) is 77.7. The topological polar surface area (TPSA) is 264 Å². The maximum Gasteiger partial charge on any atom is 0.317 e. The zero-order valence-corrected chi connectivity index (χ0v) is 102. The number of rotatable bonds is 35. The molecule has 3 heterocycles. The van der Waals surface area contributed by atoms with Crippen molar-refractivity contribution in [2.45, 2.75) is 283 Å². The van der Waals surface area contributed by atoms with E-state index in [2.05, 4.69) is 257 Å². The molecule has 25 nitrogen and oxygen atoms in total. The van der Waals surface area contributed by atoms with Gasteiger partial charge in [-0.05, 0) is 249 Å². The van der Waals surface area contributed by atoms with E-state index in [9.17, 15) is 0 Å². The minimum absolute atomic E-state index is 0.163. The van der Waals surface area contributed by atoms with E-state index < -0.39 is 183 Å². The molecule has 3 N–H and O–H groups in total. The van der Waals surface area contributed by atoms with Crippen LogP contribution in [0.25, 0.3) is 0 Å². The van der Waals surface area contributed by atoms with Crippen molar-refractivity contribution in [2.24, 2.45) is 0 Å². The average Bonchev–Trinajstić information content (AvgIpc) is 0.785. The number of hydrogen-bond donors (Lipinski definition) is 3. The highest BCUT2D eigenvalue weighted by atomic mass is 28.5. The zero-order chi connectivity index (χ0) is 87.2. The van der Waals surface area contributed by atoms with Gasteiger partial charge in [-0.15, -0.1) is 19.7 Å². The molecule has 0 aromatic rings. The fourth-order valence-electron chi connectivity index (χ4n) is 11.9. The summed E-state index contributed by atoms with van der Waals surface area (Å²) in [4.78, 5) is 0. The maximum absolute atomic E-state index is 7.18. The summed E-state index contributed by atoms with van der Waals surface area (Å²) < 4.78 is 134. The van der Waals surface area contributed by atoms with E-state index in [1.165, 1.54) is 0 Å². The summed E-state index contributed by atoms with van der Waals surface area (Å²) in [5.74, 6) is 0. The first-order valence-electron chi connectivity index (χ1n) is 38.7. The van der Waals surface area contributed by atoms with Crippen molar-refractivity contribution in [2.75, 3.05) is 83.1 Å². The largest absolute Gasteiger partial charge is 0.453 e. The van der Waals surface area contributed by atoms with Crippen molar-refractivity contribution in [3.63, 3.8) is 0 Å². The fourth-order valence-corrected chi connectivity index (χ4v) is 106. The summed E-state index contributed by atoms with van der Waals surface area (Å²) >= 11 is 0. The Morgan fingerprint density at radius 2 is 0.587 bits per heavy atom. The van der Waals surface area contributed by atoms with Gasteiger partial charge in [0.15, 0.2) is 41.6 Å². The first kappa shape index (κ1) is 123. The molecule has 0 aromatic heterocycles. The van der Waals surface area contributed by atoms with Crippen LogP contribution in [0.5, 0.6) is 0 Å². The molecule has 0 amide bonds. The second kappa shape index (κ2) is 58.1. The van der Waals surface area contributed by atoms with Gasteiger partial charge in [0.1, 0.15) is 0 Å². The summed E-state index contributed by atoms with van der Waals surface area (Å²) in [6, 6.07) is 11.8. The van der Waals surface area contributed by atoms with Gasteiger partial charge in [0.2, 0.25) is 0 Å². The van der Waals surface area contributed by atoms with Gasteiger partial charge >= 0.3 is 133 Å². The summed E-state index contributed by atoms with van der Waals surface area (Å²) in [6.07, 6.45) is 5.78. The van der Waals surface area contributed by atoms with Crippen LogP contribution >= 0.6 is 0 Å². The molecule has 3 saturated heterocycles. The highest BCUT2D eigenvalue weighted by molar-refractivity contribution is 6.97. The summed E-state index contributed by atoms with van der Waals surface area (Å²) in [5.41, 5.74) is 2.03. The maximum atomic E-state index is 7.18. The molecule has 660 valence electrons.